The molecule has 1 saturated heterocycles. The van der Waals surface area contributed by atoms with Crippen LogP contribution in [0, 0.1) is 17.6 Å². The van der Waals surface area contributed by atoms with Gasteiger partial charge in [-0.15, -0.1) is 0 Å². The molecule has 1 aliphatic heterocycles. The normalized spacial score (nSPS) is 18.8. The zero-order chi connectivity index (χ0) is 26.3. The third kappa shape index (κ3) is 5.18. The van der Waals surface area contributed by atoms with Gasteiger partial charge in [0.15, 0.2) is 11.6 Å². The summed E-state index contributed by atoms with van der Waals surface area (Å²) < 4.78 is 80.1. The first kappa shape index (κ1) is 28.9. The summed E-state index contributed by atoms with van der Waals surface area (Å²) in [6.45, 7) is 2.63. The number of carboxylic acid groups (broad SMARTS) is 1. The van der Waals surface area contributed by atoms with E-state index >= 15 is 8.78 Å². The molecule has 0 spiro atoms. The van der Waals surface area contributed by atoms with Crippen molar-refractivity contribution in [2.75, 3.05) is 23.7 Å². The summed E-state index contributed by atoms with van der Waals surface area (Å²) in [6.07, 6.45) is 3.35. The summed E-state index contributed by atoms with van der Waals surface area (Å²) in [5.41, 5.74) is 9.51. The third-order valence-electron chi connectivity index (χ3n) is 5.87. The minimum atomic E-state index is -1.46. The van der Waals surface area contributed by atoms with Crippen LogP contribution >= 0.6 is 0 Å². The highest BCUT2D eigenvalue weighted by Crippen LogP contribution is 2.42. The van der Waals surface area contributed by atoms with Crippen LogP contribution in [0.5, 0.6) is 0 Å². The smallest absolute Gasteiger partial charge is 0.341 e. The van der Waals surface area contributed by atoms with Crippen LogP contribution in [0.15, 0.2) is 11.0 Å². The summed E-state index contributed by atoms with van der Waals surface area (Å²) in [5.74, 6) is -3.31. The van der Waals surface area contributed by atoms with E-state index in [2.05, 4.69) is 0 Å². The van der Waals surface area contributed by atoms with Crippen LogP contribution in [-0.4, -0.2) is 34.8 Å². The van der Waals surface area contributed by atoms with Crippen molar-refractivity contribution in [3.63, 3.8) is 0 Å². The number of carbonyl (C=O) groups is 1. The van der Waals surface area contributed by atoms with Gasteiger partial charge in [0.1, 0.15) is 11.3 Å². The number of halogens is 8. The first-order valence-electron chi connectivity index (χ1n) is 9.78. The summed E-state index contributed by atoms with van der Waals surface area (Å²) in [7, 11) is 0. The molecule has 1 aromatic heterocycles. The molecule has 1 aromatic carbocycles. The fourth-order valence-electron chi connectivity index (χ4n) is 4.13. The predicted molar refractivity (Wildman–Crippen MR) is 108 cm³/mol. The second-order valence-corrected chi connectivity index (χ2v) is 7.67. The number of aromatic carboxylic acids is 1. The van der Waals surface area contributed by atoms with Gasteiger partial charge < -0.3 is 26.0 Å². The number of nitrogens with two attached hydrogens (primary N) is 2. The van der Waals surface area contributed by atoms with Crippen LogP contribution in [0.4, 0.5) is 47.6 Å². The third-order valence-corrected chi connectivity index (χ3v) is 5.87. The van der Waals surface area contributed by atoms with Crippen LogP contribution in [0.2, 0.25) is 0 Å². The highest BCUT2D eigenvalue weighted by Gasteiger charge is 2.36. The first-order valence-corrected chi connectivity index (χ1v) is 9.78. The van der Waals surface area contributed by atoms with Crippen LogP contribution in [-0.2, 0) is 0 Å². The molecule has 2 atom stereocenters. The van der Waals surface area contributed by atoms with Crippen LogP contribution in [0.3, 0.4) is 0 Å². The molecular weight excluding hydrogens is 484 g/mol. The Balaban J connectivity index is 0.000000894. The van der Waals surface area contributed by atoms with Gasteiger partial charge >= 0.3 is 5.97 Å². The molecule has 4 rings (SSSR count). The van der Waals surface area contributed by atoms with E-state index in [4.69, 9.17) is 38.9 Å². The lowest BCUT2D eigenvalue weighted by Crippen LogP contribution is -2.30. The van der Waals surface area contributed by atoms with Crippen molar-refractivity contribution in [3.8, 4) is 0 Å². The highest BCUT2D eigenvalue weighted by atomic mass is 20.0. The molecular formula is C19H22F8N4O3. The van der Waals surface area contributed by atoms with Gasteiger partial charge in [-0.1, -0.05) is 13.3 Å². The summed E-state index contributed by atoms with van der Waals surface area (Å²) in [6, 6.07) is -0.363. The zero-order valence-corrected chi connectivity index (χ0v) is 17.7. The number of fused-ring (bicyclic) bond motifs is 1. The van der Waals surface area contributed by atoms with Crippen molar-refractivity contribution in [1.29, 1.82) is 0 Å². The monoisotopic (exact) mass is 506 g/mol. The molecule has 0 bridgehead atoms. The lowest BCUT2D eigenvalue weighted by molar-refractivity contribution is 0.0694. The molecule has 2 heterocycles. The maximum absolute atomic E-state index is 15.6. The minimum Gasteiger partial charge on any atom is -0.477 e. The SMILES string of the molecule is CC[C@H]1CN(c2c(F)c(N)c3c(=O)c(C(=O)O)cn(C4CC4)c3c2F)C[C@@H]1N.FF.FF.FF. The lowest BCUT2D eigenvalue weighted by Gasteiger charge is -2.23. The van der Waals surface area contributed by atoms with Crippen molar-refractivity contribution in [1.82, 2.24) is 4.57 Å². The summed E-state index contributed by atoms with van der Waals surface area (Å²) in [4.78, 5) is 25.6. The van der Waals surface area contributed by atoms with Crippen LogP contribution in [0.25, 0.3) is 10.9 Å². The van der Waals surface area contributed by atoms with E-state index in [0.29, 0.717) is 6.54 Å². The molecule has 5 N–H and O–H groups in total. The quantitative estimate of drug-likeness (QED) is 0.413. The predicted octanol–water partition coefficient (Wildman–Crippen LogP) is 4.59. The maximum Gasteiger partial charge on any atom is 0.341 e. The van der Waals surface area contributed by atoms with Gasteiger partial charge in [0.25, 0.3) is 0 Å². The van der Waals surface area contributed by atoms with E-state index < -0.39 is 39.7 Å². The number of hydrogen-bond donors (Lipinski definition) is 3. The number of benzene rings is 1. The van der Waals surface area contributed by atoms with Gasteiger partial charge in [-0.3, -0.25) is 4.79 Å². The average Bonchev–Trinajstić information content (AvgIpc) is 3.63. The second kappa shape index (κ2) is 12.4. The van der Waals surface area contributed by atoms with Crippen LogP contribution in [0.1, 0.15) is 42.6 Å². The molecule has 0 amide bonds. The number of carboxylic acids is 1. The second-order valence-electron chi connectivity index (χ2n) is 7.67. The van der Waals surface area contributed by atoms with Crippen molar-refractivity contribution in [2.45, 2.75) is 38.3 Å². The Bertz CT molecular complexity index is 1060. The molecule has 0 radical (unpaired) electrons. The highest BCUT2D eigenvalue weighted by molar-refractivity contribution is 5.99. The molecule has 34 heavy (non-hydrogen) atoms. The van der Waals surface area contributed by atoms with E-state index in [9.17, 15) is 14.7 Å². The lowest BCUT2D eigenvalue weighted by atomic mass is 10.0. The van der Waals surface area contributed by atoms with Gasteiger partial charge in [0.2, 0.25) is 5.43 Å². The Morgan fingerprint density at radius 2 is 1.65 bits per heavy atom. The largest absolute Gasteiger partial charge is 0.477 e. The van der Waals surface area contributed by atoms with Crippen LogP contribution < -0.4 is 21.8 Å². The van der Waals surface area contributed by atoms with E-state index in [0.717, 1.165) is 25.5 Å². The van der Waals surface area contributed by atoms with Gasteiger partial charge in [-0.25, -0.2) is 13.6 Å². The van der Waals surface area contributed by atoms with E-state index in [1.807, 2.05) is 6.92 Å². The molecule has 15 heteroatoms. The van der Waals surface area contributed by atoms with Crippen molar-refractivity contribution >= 4 is 28.2 Å². The van der Waals surface area contributed by atoms with Crippen molar-refractivity contribution < 1.29 is 46.1 Å². The number of nitrogens with zero attached hydrogens (tertiary/aromatic N) is 2. The van der Waals surface area contributed by atoms with Gasteiger partial charge in [0, 0.05) is 58.8 Å². The zero-order valence-electron chi connectivity index (χ0n) is 17.7. The molecule has 7 nitrogen and oxygen atoms in total. The number of aromatic nitrogens is 1. The van der Waals surface area contributed by atoms with Crippen molar-refractivity contribution in [3.05, 3.63) is 33.6 Å². The molecule has 1 saturated carbocycles. The number of pyridine rings is 1. The van der Waals surface area contributed by atoms with Gasteiger partial charge in [-0.2, -0.15) is 0 Å². The van der Waals surface area contributed by atoms with Gasteiger partial charge in [0.05, 0.1) is 16.6 Å². The van der Waals surface area contributed by atoms with E-state index in [1.165, 1.54) is 9.47 Å². The Morgan fingerprint density at radius 1 is 1.09 bits per heavy atom. The molecule has 2 fully saturated rings. The molecule has 192 valence electrons. The van der Waals surface area contributed by atoms with E-state index in [1.54, 1.807) is 0 Å². The number of hydrogen-bond acceptors (Lipinski definition) is 5. The number of nitrogen functional groups attached to an aromatic ring is 1. The Kier molecular flexibility index (Phi) is 10.5. The summed E-state index contributed by atoms with van der Waals surface area (Å²) in [5, 5.41) is 8.91. The number of anilines is 2. The number of rotatable bonds is 4. The molecule has 0 unspecified atom stereocenters. The van der Waals surface area contributed by atoms with E-state index in [-0.39, 0.29) is 35.8 Å². The fraction of sp³-hybridized carbons (Fsp3) is 0.474. The Morgan fingerprint density at radius 3 is 2.09 bits per heavy atom. The fourth-order valence-corrected chi connectivity index (χ4v) is 4.13. The van der Waals surface area contributed by atoms with Crippen molar-refractivity contribution in [2.24, 2.45) is 11.7 Å². The Hall–Kier alpha value is -3.10. The van der Waals surface area contributed by atoms with Gasteiger partial charge in [-0.05, 0) is 18.8 Å². The average molecular weight is 506 g/mol. The molecule has 1 aliphatic carbocycles. The maximum atomic E-state index is 15.6. The summed E-state index contributed by atoms with van der Waals surface area (Å²) >= 11 is 0. The topological polar surface area (TPSA) is 115 Å². The molecule has 2 aromatic rings. The standard InChI is InChI=1S/C19H22F2N4O3.3F2/c1-2-8-5-24(7-11(8)22)17-13(20)15(23)12-16(14(17)21)25(9-3-4-9)6-10(18(12)26)19(27)28;3*1-2/h6,8-9,11H,2-5,7,22-23H2,1H3,(H,27,28);;;/t8-,11-;;;/m0.../s1. The first-order chi connectivity index (χ1) is 16.3. The molecule has 2 aliphatic rings. The minimum absolute atomic E-state index is 0.0933. The Labute approximate surface area is 187 Å².